The first-order chi connectivity index (χ1) is 10.2. The van der Waals surface area contributed by atoms with Crippen LogP contribution in [0, 0.1) is 13.8 Å². The standard InChI is InChI=1S/C15H15N3O3/c1-8-14(9(2)21-18-8)15-16-10-6-12-13(7-11(10)17-15)20-5-3-4-19-12/h6-7H,3-5H2,1-2H3,(H,16,17). The van der Waals surface area contributed by atoms with E-state index in [1.807, 2.05) is 26.0 Å². The third-order valence-corrected chi connectivity index (χ3v) is 3.62. The van der Waals surface area contributed by atoms with E-state index in [-0.39, 0.29) is 0 Å². The molecule has 0 radical (unpaired) electrons. The van der Waals surface area contributed by atoms with Crippen LogP contribution < -0.4 is 9.47 Å². The lowest BCUT2D eigenvalue weighted by atomic mass is 10.2. The number of aromatic amines is 1. The van der Waals surface area contributed by atoms with E-state index in [0.29, 0.717) is 13.2 Å². The number of hydrogen-bond donors (Lipinski definition) is 1. The molecular weight excluding hydrogens is 270 g/mol. The summed E-state index contributed by atoms with van der Waals surface area (Å²) in [5.41, 5.74) is 3.48. The zero-order valence-electron chi connectivity index (χ0n) is 11.9. The van der Waals surface area contributed by atoms with Crippen molar-refractivity contribution < 1.29 is 14.0 Å². The lowest BCUT2D eigenvalue weighted by Gasteiger charge is -2.05. The zero-order chi connectivity index (χ0) is 14.4. The fourth-order valence-corrected chi connectivity index (χ4v) is 2.61. The summed E-state index contributed by atoms with van der Waals surface area (Å²) in [5, 5.41) is 3.97. The van der Waals surface area contributed by atoms with E-state index in [9.17, 15) is 0 Å². The third-order valence-electron chi connectivity index (χ3n) is 3.62. The topological polar surface area (TPSA) is 73.2 Å². The van der Waals surface area contributed by atoms with E-state index < -0.39 is 0 Å². The summed E-state index contributed by atoms with van der Waals surface area (Å²) in [5.74, 6) is 3.01. The number of aryl methyl sites for hydroxylation is 2. The smallest absolute Gasteiger partial charge is 0.163 e. The van der Waals surface area contributed by atoms with E-state index in [1.165, 1.54) is 0 Å². The van der Waals surface area contributed by atoms with Crippen LogP contribution in [-0.4, -0.2) is 28.3 Å². The zero-order valence-corrected chi connectivity index (χ0v) is 11.9. The minimum absolute atomic E-state index is 0.666. The lowest BCUT2D eigenvalue weighted by Crippen LogP contribution is -1.97. The summed E-state index contributed by atoms with van der Waals surface area (Å²) in [4.78, 5) is 7.93. The van der Waals surface area contributed by atoms with E-state index in [0.717, 1.165) is 51.8 Å². The second-order valence-electron chi connectivity index (χ2n) is 5.15. The first kappa shape index (κ1) is 12.3. The van der Waals surface area contributed by atoms with E-state index >= 15 is 0 Å². The molecule has 0 spiro atoms. The van der Waals surface area contributed by atoms with Crippen LogP contribution in [0.2, 0.25) is 0 Å². The number of nitrogens with one attached hydrogen (secondary N) is 1. The predicted molar refractivity (Wildman–Crippen MR) is 76.7 cm³/mol. The number of fused-ring (bicyclic) bond motifs is 2. The van der Waals surface area contributed by atoms with Gasteiger partial charge in [0.1, 0.15) is 11.6 Å². The van der Waals surface area contributed by atoms with Gasteiger partial charge >= 0.3 is 0 Å². The molecule has 0 fully saturated rings. The molecule has 108 valence electrons. The van der Waals surface area contributed by atoms with Crippen molar-refractivity contribution >= 4 is 11.0 Å². The Morgan fingerprint density at radius 2 is 1.86 bits per heavy atom. The van der Waals surface area contributed by atoms with Gasteiger partial charge in [-0.3, -0.25) is 0 Å². The third kappa shape index (κ3) is 1.94. The number of H-pyrrole nitrogens is 1. The van der Waals surface area contributed by atoms with Crippen molar-refractivity contribution in [1.82, 2.24) is 15.1 Å². The summed E-state index contributed by atoms with van der Waals surface area (Å²) in [6.45, 7) is 5.12. The van der Waals surface area contributed by atoms with E-state index in [1.54, 1.807) is 0 Å². The molecule has 1 aliphatic heterocycles. The molecule has 0 atom stereocenters. The highest BCUT2D eigenvalue weighted by molar-refractivity contribution is 5.83. The van der Waals surface area contributed by atoms with Gasteiger partial charge in [-0.1, -0.05) is 5.16 Å². The molecule has 21 heavy (non-hydrogen) atoms. The Morgan fingerprint density at radius 1 is 1.10 bits per heavy atom. The van der Waals surface area contributed by atoms with Crippen LogP contribution in [0.4, 0.5) is 0 Å². The van der Waals surface area contributed by atoms with Crippen molar-refractivity contribution in [3.63, 3.8) is 0 Å². The Kier molecular flexibility index (Phi) is 2.63. The molecule has 0 amide bonds. The van der Waals surface area contributed by atoms with Crippen molar-refractivity contribution in [1.29, 1.82) is 0 Å². The molecule has 2 aromatic heterocycles. The minimum Gasteiger partial charge on any atom is -0.489 e. The molecule has 1 aromatic carbocycles. The van der Waals surface area contributed by atoms with Gasteiger partial charge in [0.15, 0.2) is 11.5 Å². The monoisotopic (exact) mass is 285 g/mol. The number of nitrogens with zero attached hydrogens (tertiary/aromatic N) is 2. The molecule has 1 N–H and O–H groups in total. The van der Waals surface area contributed by atoms with Crippen LogP contribution >= 0.6 is 0 Å². The van der Waals surface area contributed by atoms with Crippen LogP contribution in [0.15, 0.2) is 16.7 Å². The molecule has 0 aliphatic carbocycles. The summed E-state index contributed by atoms with van der Waals surface area (Å²) < 4.78 is 16.6. The second kappa shape index (κ2) is 4.51. The fourth-order valence-electron chi connectivity index (χ4n) is 2.61. The molecule has 0 saturated carbocycles. The summed E-state index contributed by atoms with van der Waals surface area (Å²) in [6.07, 6.45) is 0.889. The maximum Gasteiger partial charge on any atom is 0.163 e. The molecule has 4 rings (SSSR count). The van der Waals surface area contributed by atoms with Gasteiger partial charge in [-0.15, -0.1) is 0 Å². The summed E-state index contributed by atoms with van der Waals surface area (Å²) >= 11 is 0. The molecular formula is C15H15N3O3. The van der Waals surface area contributed by atoms with Gasteiger partial charge in [0, 0.05) is 18.6 Å². The van der Waals surface area contributed by atoms with Gasteiger partial charge in [0.25, 0.3) is 0 Å². The Morgan fingerprint density at radius 3 is 2.57 bits per heavy atom. The normalized spacial score (nSPS) is 14.4. The molecule has 6 heteroatoms. The van der Waals surface area contributed by atoms with Crippen LogP contribution in [0.5, 0.6) is 11.5 Å². The van der Waals surface area contributed by atoms with Gasteiger partial charge in [0.2, 0.25) is 0 Å². The van der Waals surface area contributed by atoms with Crippen molar-refractivity contribution in [2.75, 3.05) is 13.2 Å². The van der Waals surface area contributed by atoms with E-state index in [4.69, 9.17) is 14.0 Å². The maximum absolute atomic E-state index is 5.70. The SMILES string of the molecule is Cc1noc(C)c1-c1nc2cc3c(cc2[nH]1)OCCCO3. The predicted octanol–water partition coefficient (Wildman–Crippen LogP) is 3.00. The van der Waals surface area contributed by atoms with Crippen LogP contribution in [0.25, 0.3) is 22.4 Å². The van der Waals surface area contributed by atoms with Crippen molar-refractivity contribution in [3.8, 4) is 22.9 Å². The van der Waals surface area contributed by atoms with Crippen molar-refractivity contribution in [2.45, 2.75) is 20.3 Å². The van der Waals surface area contributed by atoms with Gasteiger partial charge in [-0.2, -0.15) is 0 Å². The van der Waals surface area contributed by atoms with Crippen LogP contribution in [0.1, 0.15) is 17.9 Å². The molecule has 3 aromatic rings. The number of imidazole rings is 1. The molecule has 3 heterocycles. The Bertz CT molecular complexity index is 757. The first-order valence-electron chi connectivity index (χ1n) is 6.95. The number of hydrogen-bond acceptors (Lipinski definition) is 5. The summed E-state index contributed by atoms with van der Waals surface area (Å²) in [7, 11) is 0. The highest BCUT2D eigenvalue weighted by Gasteiger charge is 2.18. The number of ether oxygens (including phenoxy) is 2. The highest BCUT2D eigenvalue weighted by Crippen LogP contribution is 2.35. The molecule has 0 unspecified atom stereocenters. The Labute approximate surface area is 121 Å². The van der Waals surface area contributed by atoms with E-state index in [2.05, 4.69) is 15.1 Å². The van der Waals surface area contributed by atoms with Gasteiger partial charge < -0.3 is 19.0 Å². The largest absolute Gasteiger partial charge is 0.489 e. The van der Waals surface area contributed by atoms with Gasteiger partial charge in [-0.05, 0) is 13.8 Å². The highest BCUT2D eigenvalue weighted by atomic mass is 16.5. The number of benzene rings is 1. The van der Waals surface area contributed by atoms with Gasteiger partial charge in [0.05, 0.1) is 35.5 Å². The van der Waals surface area contributed by atoms with Crippen LogP contribution in [0.3, 0.4) is 0 Å². The number of rotatable bonds is 1. The first-order valence-corrected chi connectivity index (χ1v) is 6.95. The number of aromatic nitrogens is 3. The molecule has 0 bridgehead atoms. The molecule has 1 aliphatic rings. The minimum atomic E-state index is 0.666. The Hall–Kier alpha value is -2.50. The lowest BCUT2D eigenvalue weighted by molar-refractivity contribution is 0.297. The molecule has 0 saturated heterocycles. The van der Waals surface area contributed by atoms with Crippen LogP contribution in [-0.2, 0) is 0 Å². The molecule has 6 nitrogen and oxygen atoms in total. The Balaban J connectivity index is 1.87. The van der Waals surface area contributed by atoms with Crippen molar-refractivity contribution in [3.05, 3.63) is 23.6 Å². The summed E-state index contributed by atoms with van der Waals surface area (Å²) in [6, 6.07) is 3.85. The quantitative estimate of drug-likeness (QED) is 0.744. The maximum atomic E-state index is 5.70. The second-order valence-corrected chi connectivity index (χ2v) is 5.15. The van der Waals surface area contributed by atoms with Crippen molar-refractivity contribution in [2.24, 2.45) is 0 Å². The average molecular weight is 285 g/mol. The average Bonchev–Trinajstić information content (AvgIpc) is 2.91. The van der Waals surface area contributed by atoms with Gasteiger partial charge in [-0.25, -0.2) is 4.98 Å². The fraction of sp³-hybridized carbons (Fsp3) is 0.333.